The van der Waals surface area contributed by atoms with Crippen molar-refractivity contribution in [1.82, 2.24) is 5.48 Å². The molecule has 0 heterocycles. The van der Waals surface area contributed by atoms with Gasteiger partial charge in [0.25, 0.3) is 0 Å². The summed E-state index contributed by atoms with van der Waals surface area (Å²) in [5, 5.41) is 9.50. The molecule has 0 aromatic carbocycles. The highest BCUT2D eigenvalue weighted by Gasteiger charge is 2.23. The van der Waals surface area contributed by atoms with Crippen LogP contribution in [0.1, 0.15) is 59.3 Å². The molecule has 1 aliphatic rings. The van der Waals surface area contributed by atoms with Gasteiger partial charge in [0, 0.05) is 12.5 Å². The van der Waals surface area contributed by atoms with E-state index in [1.54, 1.807) is 20.8 Å². The standard InChI is InChI=1S/C15H29NO4/c1-15(2,3)20-14(18)16-19-11-13(10-17)12-8-6-4-5-7-9-12/h12-13,17H,4-11H2,1-3H3,(H,16,18). The maximum atomic E-state index is 11.4. The number of carbonyl (C=O) groups is 1. The zero-order valence-electron chi connectivity index (χ0n) is 13.0. The van der Waals surface area contributed by atoms with Crippen LogP contribution in [-0.4, -0.2) is 30.0 Å². The normalized spacial score (nSPS) is 19.2. The summed E-state index contributed by atoms with van der Waals surface area (Å²) in [7, 11) is 0. The van der Waals surface area contributed by atoms with Gasteiger partial charge in [0.1, 0.15) is 5.60 Å². The van der Waals surface area contributed by atoms with Crippen molar-refractivity contribution < 1.29 is 19.5 Å². The Morgan fingerprint density at radius 3 is 2.35 bits per heavy atom. The van der Waals surface area contributed by atoms with E-state index in [9.17, 15) is 9.90 Å². The Hall–Kier alpha value is -0.810. The van der Waals surface area contributed by atoms with Crippen LogP contribution in [0.5, 0.6) is 0 Å². The monoisotopic (exact) mass is 287 g/mol. The SMILES string of the molecule is CC(C)(C)OC(=O)NOCC(CO)C1CCCCCC1. The van der Waals surface area contributed by atoms with Crippen molar-refractivity contribution in [2.45, 2.75) is 64.9 Å². The molecular weight excluding hydrogens is 258 g/mol. The molecule has 118 valence electrons. The van der Waals surface area contributed by atoms with E-state index in [-0.39, 0.29) is 12.5 Å². The smallest absolute Gasteiger partial charge is 0.431 e. The Morgan fingerprint density at radius 1 is 1.25 bits per heavy atom. The number of aliphatic hydroxyl groups excluding tert-OH is 1. The first-order valence-corrected chi connectivity index (χ1v) is 7.64. The van der Waals surface area contributed by atoms with Crippen LogP contribution < -0.4 is 5.48 Å². The second-order valence-corrected chi connectivity index (χ2v) is 6.61. The average Bonchev–Trinajstić information content (AvgIpc) is 2.61. The van der Waals surface area contributed by atoms with Gasteiger partial charge in [-0.25, -0.2) is 4.79 Å². The van der Waals surface area contributed by atoms with Gasteiger partial charge in [0.05, 0.1) is 6.61 Å². The molecule has 0 aromatic rings. The molecule has 1 fully saturated rings. The van der Waals surface area contributed by atoms with Gasteiger partial charge < -0.3 is 9.84 Å². The Labute approximate surface area is 122 Å². The molecule has 0 aromatic heterocycles. The van der Waals surface area contributed by atoms with Crippen LogP contribution in [0.25, 0.3) is 0 Å². The van der Waals surface area contributed by atoms with Gasteiger partial charge in [-0.05, 0) is 26.7 Å². The predicted molar refractivity (Wildman–Crippen MR) is 77.1 cm³/mol. The zero-order chi connectivity index (χ0) is 15.0. The molecule has 1 aliphatic carbocycles. The molecule has 1 amide bonds. The van der Waals surface area contributed by atoms with Crippen molar-refractivity contribution >= 4 is 6.09 Å². The lowest BCUT2D eigenvalue weighted by atomic mass is 9.87. The van der Waals surface area contributed by atoms with Crippen molar-refractivity contribution in [3.8, 4) is 0 Å². The third-order valence-corrected chi connectivity index (χ3v) is 3.65. The topological polar surface area (TPSA) is 67.8 Å². The summed E-state index contributed by atoms with van der Waals surface area (Å²) in [5.41, 5.74) is 1.75. The summed E-state index contributed by atoms with van der Waals surface area (Å²) in [6.07, 6.45) is 6.70. The third kappa shape index (κ3) is 7.10. The molecule has 0 radical (unpaired) electrons. The van der Waals surface area contributed by atoms with Gasteiger partial charge >= 0.3 is 6.09 Å². The maximum Gasteiger partial charge on any atom is 0.431 e. The van der Waals surface area contributed by atoms with E-state index in [0.29, 0.717) is 12.5 Å². The van der Waals surface area contributed by atoms with Crippen molar-refractivity contribution in [3.05, 3.63) is 0 Å². The molecule has 1 rings (SSSR count). The highest BCUT2D eigenvalue weighted by molar-refractivity contribution is 5.66. The fraction of sp³-hybridized carbons (Fsp3) is 0.933. The molecule has 0 bridgehead atoms. The van der Waals surface area contributed by atoms with Gasteiger partial charge in [-0.2, -0.15) is 5.48 Å². The molecule has 1 saturated carbocycles. The van der Waals surface area contributed by atoms with E-state index in [1.165, 1.54) is 25.7 Å². The first kappa shape index (κ1) is 17.2. The number of amides is 1. The lowest BCUT2D eigenvalue weighted by Crippen LogP contribution is -2.35. The summed E-state index contributed by atoms with van der Waals surface area (Å²) >= 11 is 0. The van der Waals surface area contributed by atoms with Crippen molar-refractivity contribution in [3.63, 3.8) is 0 Å². The summed E-state index contributed by atoms with van der Waals surface area (Å²) in [5.74, 6) is 0.575. The Kier molecular flexibility index (Phi) is 7.30. The molecule has 0 spiro atoms. The number of hydroxylamine groups is 1. The van der Waals surface area contributed by atoms with Crippen LogP contribution in [-0.2, 0) is 9.57 Å². The van der Waals surface area contributed by atoms with Crippen molar-refractivity contribution in [2.75, 3.05) is 13.2 Å². The number of rotatable bonds is 5. The Balaban J connectivity index is 2.28. The summed E-state index contributed by atoms with van der Waals surface area (Å²) in [6, 6.07) is 0. The van der Waals surface area contributed by atoms with Crippen LogP contribution in [0.4, 0.5) is 4.79 Å². The molecule has 5 nitrogen and oxygen atoms in total. The lowest BCUT2D eigenvalue weighted by Gasteiger charge is -2.24. The second-order valence-electron chi connectivity index (χ2n) is 6.61. The van der Waals surface area contributed by atoms with Gasteiger partial charge in [-0.1, -0.05) is 38.5 Å². The van der Waals surface area contributed by atoms with Crippen LogP contribution in [0.2, 0.25) is 0 Å². The van der Waals surface area contributed by atoms with E-state index < -0.39 is 11.7 Å². The first-order valence-electron chi connectivity index (χ1n) is 7.64. The van der Waals surface area contributed by atoms with E-state index in [4.69, 9.17) is 9.57 Å². The van der Waals surface area contributed by atoms with Crippen molar-refractivity contribution in [2.24, 2.45) is 11.8 Å². The third-order valence-electron chi connectivity index (χ3n) is 3.65. The predicted octanol–water partition coefficient (Wildman–Crippen LogP) is 3.02. The van der Waals surface area contributed by atoms with Gasteiger partial charge in [-0.3, -0.25) is 4.84 Å². The van der Waals surface area contributed by atoms with Crippen molar-refractivity contribution in [1.29, 1.82) is 0 Å². The molecule has 5 heteroatoms. The molecule has 2 N–H and O–H groups in total. The summed E-state index contributed by atoms with van der Waals surface area (Å²) < 4.78 is 5.08. The number of hydrogen-bond acceptors (Lipinski definition) is 4. The summed E-state index contributed by atoms with van der Waals surface area (Å²) in [6.45, 7) is 5.83. The van der Waals surface area contributed by atoms with Crippen LogP contribution in [0.15, 0.2) is 0 Å². The minimum Gasteiger partial charge on any atom is -0.442 e. The van der Waals surface area contributed by atoms with Crippen LogP contribution in [0, 0.1) is 11.8 Å². The zero-order valence-corrected chi connectivity index (χ0v) is 13.0. The van der Waals surface area contributed by atoms with Gasteiger partial charge in [0.15, 0.2) is 0 Å². The largest absolute Gasteiger partial charge is 0.442 e. The van der Waals surface area contributed by atoms with E-state index in [1.807, 2.05) is 0 Å². The highest BCUT2D eigenvalue weighted by atomic mass is 16.7. The number of hydrogen-bond donors (Lipinski definition) is 2. The molecule has 0 saturated heterocycles. The fourth-order valence-corrected chi connectivity index (χ4v) is 2.63. The molecule has 1 unspecified atom stereocenters. The maximum absolute atomic E-state index is 11.4. The first-order chi connectivity index (χ1) is 9.42. The highest BCUT2D eigenvalue weighted by Crippen LogP contribution is 2.28. The Morgan fingerprint density at radius 2 is 1.85 bits per heavy atom. The molecule has 0 aliphatic heterocycles. The quantitative estimate of drug-likeness (QED) is 0.602. The van der Waals surface area contributed by atoms with Gasteiger partial charge in [0.2, 0.25) is 0 Å². The van der Waals surface area contributed by atoms with E-state index in [0.717, 1.165) is 12.8 Å². The number of carbonyl (C=O) groups excluding carboxylic acids is 1. The molecule has 20 heavy (non-hydrogen) atoms. The fourth-order valence-electron chi connectivity index (χ4n) is 2.63. The molecular formula is C15H29NO4. The van der Waals surface area contributed by atoms with E-state index in [2.05, 4.69) is 5.48 Å². The minimum absolute atomic E-state index is 0.0861. The average molecular weight is 287 g/mol. The summed E-state index contributed by atoms with van der Waals surface area (Å²) in [4.78, 5) is 16.6. The van der Waals surface area contributed by atoms with Gasteiger partial charge in [-0.15, -0.1) is 0 Å². The number of ether oxygens (including phenoxy) is 1. The Bertz CT molecular complexity index is 280. The van der Waals surface area contributed by atoms with E-state index >= 15 is 0 Å². The molecule has 1 atom stereocenters. The minimum atomic E-state index is -0.588. The number of nitrogens with one attached hydrogen (secondary N) is 1. The van der Waals surface area contributed by atoms with Crippen LogP contribution in [0.3, 0.4) is 0 Å². The lowest BCUT2D eigenvalue weighted by molar-refractivity contribution is -0.0330. The number of aliphatic hydroxyl groups is 1. The van der Waals surface area contributed by atoms with Crippen LogP contribution >= 0.6 is 0 Å². The second kappa shape index (κ2) is 8.47.